The highest BCUT2D eigenvalue weighted by Gasteiger charge is 2.36. The number of primary amides is 1. The van der Waals surface area contributed by atoms with Crippen LogP contribution in [0, 0.1) is 0 Å². The van der Waals surface area contributed by atoms with Gasteiger partial charge in [0, 0.05) is 13.0 Å². The fraction of sp³-hybridized carbons (Fsp3) is 0.174. The fourth-order valence-electron chi connectivity index (χ4n) is 3.43. The SMILES string of the molecule is C=CCOC(=O)[C@H](c1cc(C(N)=O)n(C)n1)C(c1ccccc1)c1ccccc1. The second kappa shape index (κ2) is 9.01. The number of benzene rings is 2. The van der Waals surface area contributed by atoms with Crippen molar-refractivity contribution in [1.82, 2.24) is 9.78 Å². The number of aromatic nitrogens is 2. The summed E-state index contributed by atoms with van der Waals surface area (Å²) in [4.78, 5) is 24.9. The third-order valence-corrected chi connectivity index (χ3v) is 4.72. The molecule has 0 fully saturated rings. The molecular formula is C23H23N3O3. The van der Waals surface area contributed by atoms with Crippen LogP contribution in [0.2, 0.25) is 0 Å². The van der Waals surface area contributed by atoms with Crippen molar-refractivity contribution >= 4 is 11.9 Å². The summed E-state index contributed by atoms with van der Waals surface area (Å²) in [5.41, 5.74) is 7.97. The number of ether oxygens (including phenoxy) is 1. The average Bonchev–Trinajstić information content (AvgIpc) is 3.12. The van der Waals surface area contributed by atoms with E-state index in [-0.39, 0.29) is 18.2 Å². The van der Waals surface area contributed by atoms with Crippen molar-refractivity contribution in [1.29, 1.82) is 0 Å². The summed E-state index contributed by atoms with van der Waals surface area (Å²) in [5.74, 6) is -2.18. The standard InChI is InChI=1S/C23H23N3O3/c1-3-14-29-23(28)21(18-15-19(22(24)27)26(2)25-18)20(16-10-6-4-7-11-16)17-12-8-5-9-13-17/h3-13,15,20-21H,1,14H2,2H3,(H2,24,27)/t21-/m1/s1. The molecule has 0 saturated heterocycles. The van der Waals surface area contributed by atoms with Gasteiger partial charge in [-0.3, -0.25) is 14.3 Å². The average molecular weight is 389 g/mol. The maximum absolute atomic E-state index is 13.1. The van der Waals surface area contributed by atoms with Gasteiger partial charge >= 0.3 is 5.97 Å². The molecular weight excluding hydrogens is 366 g/mol. The second-order valence-corrected chi connectivity index (χ2v) is 6.64. The normalized spacial score (nSPS) is 11.8. The minimum atomic E-state index is -0.765. The smallest absolute Gasteiger partial charge is 0.316 e. The Balaban J connectivity index is 2.18. The number of carbonyl (C=O) groups excluding carboxylic acids is 2. The van der Waals surface area contributed by atoms with Crippen LogP contribution in [0.1, 0.15) is 39.1 Å². The summed E-state index contributed by atoms with van der Waals surface area (Å²) in [5, 5.41) is 4.42. The Hall–Kier alpha value is -3.67. The first-order chi connectivity index (χ1) is 14.0. The quantitative estimate of drug-likeness (QED) is 0.473. The van der Waals surface area contributed by atoms with E-state index in [0.717, 1.165) is 11.1 Å². The van der Waals surface area contributed by atoms with Gasteiger partial charge in [0.2, 0.25) is 0 Å². The maximum Gasteiger partial charge on any atom is 0.316 e. The molecule has 1 atom stereocenters. The van der Waals surface area contributed by atoms with E-state index in [2.05, 4.69) is 11.7 Å². The van der Waals surface area contributed by atoms with Gasteiger partial charge in [-0.2, -0.15) is 5.10 Å². The first kappa shape index (κ1) is 20.1. The van der Waals surface area contributed by atoms with Crippen molar-refractivity contribution in [2.24, 2.45) is 12.8 Å². The van der Waals surface area contributed by atoms with E-state index in [0.29, 0.717) is 5.69 Å². The van der Waals surface area contributed by atoms with Crippen molar-refractivity contribution in [2.75, 3.05) is 6.61 Å². The van der Waals surface area contributed by atoms with Crippen LogP contribution in [-0.2, 0) is 16.6 Å². The monoisotopic (exact) mass is 389 g/mol. The lowest BCUT2D eigenvalue weighted by molar-refractivity contribution is -0.144. The van der Waals surface area contributed by atoms with Crippen LogP contribution < -0.4 is 5.73 Å². The van der Waals surface area contributed by atoms with Crippen LogP contribution in [0.15, 0.2) is 79.4 Å². The zero-order chi connectivity index (χ0) is 20.8. The van der Waals surface area contributed by atoms with Gasteiger partial charge < -0.3 is 10.5 Å². The van der Waals surface area contributed by atoms with E-state index in [1.807, 2.05) is 60.7 Å². The Bertz CT molecular complexity index is 957. The van der Waals surface area contributed by atoms with Crippen molar-refractivity contribution in [2.45, 2.75) is 11.8 Å². The molecule has 0 radical (unpaired) electrons. The van der Waals surface area contributed by atoms with E-state index in [9.17, 15) is 9.59 Å². The summed E-state index contributed by atoms with van der Waals surface area (Å²) in [7, 11) is 1.62. The van der Waals surface area contributed by atoms with Crippen molar-refractivity contribution in [3.8, 4) is 0 Å². The van der Waals surface area contributed by atoms with Gasteiger partial charge in [-0.1, -0.05) is 73.3 Å². The molecule has 6 nitrogen and oxygen atoms in total. The molecule has 0 aliphatic carbocycles. The van der Waals surface area contributed by atoms with Crippen molar-refractivity contribution in [3.05, 3.63) is 102 Å². The summed E-state index contributed by atoms with van der Waals surface area (Å²) in [6.45, 7) is 3.69. The molecule has 0 bridgehead atoms. The van der Waals surface area contributed by atoms with Gasteiger partial charge in [-0.05, 0) is 17.2 Å². The van der Waals surface area contributed by atoms with E-state index in [1.165, 1.54) is 10.8 Å². The minimum absolute atomic E-state index is 0.0845. The van der Waals surface area contributed by atoms with Gasteiger partial charge in [0.15, 0.2) is 0 Å². The largest absolute Gasteiger partial charge is 0.461 e. The molecule has 2 aromatic carbocycles. The second-order valence-electron chi connectivity index (χ2n) is 6.64. The number of hydrogen-bond acceptors (Lipinski definition) is 4. The molecule has 2 N–H and O–H groups in total. The summed E-state index contributed by atoms with van der Waals surface area (Å²) >= 11 is 0. The van der Waals surface area contributed by atoms with E-state index < -0.39 is 17.8 Å². The highest BCUT2D eigenvalue weighted by molar-refractivity contribution is 5.91. The first-order valence-electron chi connectivity index (χ1n) is 9.24. The van der Waals surface area contributed by atoms with Gasteiger partial charge in [0.25, 0.3) is 5.91 Å². The Morgan fingerprint density at radius 1 is 1.10 bits per heavy atom. The Labute approximate surface area is 169 Å². The van der Waals surface area contributed by atoms with Gasteiger partial charge in [0.05, 0.1) is 5.69 Å². The summed E-state index contributed by atoms with van der Waals surface area (Å²) in [6.07, 6.45) is 1.52. The lowest BCUT2D eigenvalue weighted by Gasteiger charge is -2.25. The number of amides is 1. The number of esters is 1. The minimum Gasteiger partial charge on any atom is -0.461 e. The molecule has 3 aromatic rings. The first-order valence-corrected chi connectivity index (χ1v) is 9.24. The van der Waals surface area contributed by atoms with Crippen LogP contribution in [0.5, 0.6) is 0 Å². The highest BCUT2D eigenvalue weighted by atomic mass is 16.5. The maximum atomic E-state index is 13.1. The van der Waals surface area contributed by atoms with Crippen molar-refractivity contribution in [3.63, 3.8) is 0 Å². The number of nitrogens with two attached hydrogens (primary N) is 1. The molecule has 0 saturated carbocycles. The zero-order valence-electron chi connectivity index (χ0n) is 16.2. The van der Waals surface area contributed by atoms with E-state index >= 15 is 0 Å². The number of hydrogen-bond donors (Lipinski definition) is 1. The molecule has 1 amide bonds. The lowest BCUT2D eigenvalue weighted by atomic mass is 9.79. The van der Waals surface area contributed by atoms with Crippen molar-refractivity contribution < 1.29 is 14.3 Å². The van der Waals surface area contributed by atoms with Crippen LogP contribution in [-0.4, -0.2) is 28.3 Å². The van der Waals surface area contributed by atoms with E-state index in [1.54, 1.807) is 13.1 Å². The molecule has 0 unspecified atom stereocenters. The van der Waals surface area contributed by atoms with Crippen LogP contribution in [0.3, 0.4) is 0 Å². The Kier molecular flexibility index (Phi) is 6.24. The summed E-state index contributed by atoms with van der Waals surface area (Å²) < 4.78 is 6.81. The van der Waals surface area contributed by atoms with E-state index in [4.69, 9.17) is 10.5 Å². The predicted molar refractivity (Wildman–Crippen MR) is 110 cm³/mol. The van der Waals surface area contributed by atoms with Gasteiger partial charge in [-0.15, -0.1) is 0 Å². The van der Waals surface area contributed by atoms with Crippen LogP contribution in [0.25, 0.3) is 0 Å². The Morgan fingerprint density at radius 3 is 2.10 bits per heavy atom. The molecule has 0 spiro atoms. The summed E-state index contributed by atoms with van der Waals surface area (Å²) in [6, 6.07) is 20.9. The fourth-order valence-corrected chi connectivity index (χ4v) is 3.43. The highest BCUT2D eigenvalue weighted by Crippen LogP contribution is 2.39. The zero-order valence-corrected chi connectivity index (χ0v) is 16.2. The molecule has 1 heterocycles. The molecule has 3 rings (SSSR count). The molecule has 0 aliphatic rings. The number of nitrogens with zero attached hydrogens (tertiary/aromatic N) is 2. The van der Waals surface area contributed by atoms with Crippen LogP contribution >= 0.6 is 0 Å². The molecule has 29 heavy (non-hydrogen) atoms. The lowest BCUT2D eigenvalue weighted by Crippen LogP contribution is -2.24. The number of aryl methyl sites for hydroxylation is 1. The topological polar surface area (TPSA) is 87.2 Å². The molecule has 0 aliphatic heterocycles. The van der Waals surface area contributed by atoms with Gasteiger partial charge in [-0.25, -0.2) is 0 Å². The third-order valence-electron chi connectivity index (χ3n) is 4.72. The molecule has 6 heteroatoms. The Morgan fingerprint density at radius 2 is 1.66 bits per heavy atom. The van der Waals surface area contributed by atoms with Crippen LogP contribution in [0.4, 0.5) is 0 Å². The number of rotatable bonds is 8. The van der Waals surface area contributed by atoms with Gasteiger partial charge in [0.1, 0.15) is 18.2 Å². The molecule has 148 valence electrons. The molecule has 1 aromatic heterocycles. The predicted octanol–water partition coefficient (Wildman–Crippen LogP) is 3.16. The third kappa shape index (κ3) is 4.43. The number of carbonyl (C=O) groups is 2.